The monoisotopic (exact) mass is 295 g/mol. The van der Waals surface area contributed by atoms with Crippen molar-refractivity contribution >= 4 is 22.5 Å². The summed E-state index contributed by atoms with van der Waals surface area (Å²) < 4.78 is 5.24. The lowest BCUT2D eigenvalue weighted by molar-refractivity contribution is 0.415. The predicted octanol–water partition coefficient (Wildman–Crippen LogP) is 2.35. The summed E-state index contributed by atoms with van der Waals surface area (Å²) in [6, 6.07) is 12.2. The van der Waals surface area contributed by atoms with Crippen molar-refractivity contribution in [2.75, 3.05) is 18.6 Å². The minimum absolute atomic E-state index is 0.0212. The van der Waals surface area contributed by atoms with Crippen molar-refractivity contribution in [1.29, 1.82) is 0 Å². The first kappa shape index (κ1) is 14.1. The van der Waals surface area contributed by atoms with Crippen LogP contribution in [-0.2, 0) is 0 Å². The molecule has 6 heteroatoms. The second-order valence-corrected chi connectivity index (χ2v) is 5.13. The van der Waals surface area contributed by atoms with Gasteiger partial charge in [-0.25, -0.2) is 0 Å². The molecule has 4 N–H and O–H groups in total. The van der Waals surface area contributed by atoms with Gasteiger partial charge in [-0.3, -0.25) is 0 Å². The fraction of sp³-hybridized carbons (Fsp3) is 0.188. The van der Waals surface area contributed by atoms with E-state index in [9.17, 15) is 0 Å². The second kappa shape index (κ2) is 5.48. The maximum Gasteiger partial charge on any atom is 0.242 e. The Morgan fingerprint density at radius 1 is 1.00 bits per heavy atom. The summed E-state index contributed by atoms with van der Waals surface area (Å²) in [4.78, 5) is 3.97. The second-order valence-electron chi connectivity index (χ2n) is 5.13. The molecule has 0 bridgehead atoms. The number of nitrogens with two attached hydrogens (primary N) is 2. The topological polar surface area (TPSA) is 99.9 Å². The smallest absolute Gasteiger partial charge is 0.242 e. The van der Waals surface area contributed by atoms with Crippen LogP contribution < -0.4 is 16.2 Å². The molecule has 6 nitrogen and oxygen atoms in total. The Labute approximate surface area is 128 Å². The van der Waals surface area contributed by atoms with Gasteiger partial charge in [0, 0.05) is 5.92 Å². The first-order chi connectivity index (χ1) is 10.6. The molecule has 1 heterocycles. The Morgan fingerprint density at radius 3 is 2.45 bits per heavy atom. The number of ether oxygens (including phenoxy) is 1. The summed E-state index contributed by atoms with van der Waals surface area (Å²) in [5.41, 5.74) is 13.1. The van der Waals surface area contributed by atoms with Gasteiger partial charge in [0.15, 0.2) is 5.82 Å². The minimum Gasteiger partial charge on any atom is -0.497 e. The van der Waals surface area contributed by atoms with E-state index in [1.54, 1.807) is 7.11 Å². The van der Waals surface area contributed by atoms with Gasteiger partial charge >= 0.3 is 0 Å². The lowest BCUT2D eigenvalue weighted by Gasteiger charge is -2.13. The van der Waals surface area contributed by atoms with Gasteiger partial charge in [-0.1, -0.05) is 31.2 Å². The molecule has 0 fully saturated rings. The molecule has 3 aromatic rings. The minimum atomic E-state index is -0.0212. The molecule has 0 aliphatic carbocycles. The van der Waals surface area contributed by atoms with Crippen LogP contribution in [0.4, 0.5) is 11.8 Å². The summed E-state index contributed by atoms with van der Waals surface area (Å²) in [6.07, 6.45) is 0. The molecule has 0 aliphatic rings. The highest BCUT2D eigenvalue weighted by Crippen LogP contribution is 2.29. The van der Waals surface area contributed by atoms with Crippen molar-refractivity contribution in [2.45, 2.75) is 12.8 Å². The zero-order valence-corrected chi connectivity index (χ0v) is 12.4. The van der Waals surface area contributed by atoms with Crippen molar-refractivity contribution in [3.05, 3.63) is 47.7 Å². The summed E-state index contributed by atoms with van der Waals surface area (Å²) in [6.45, 7) is 2.02. The lowest BCUT2D eigenvalue weighted by atomic mass is 9.95. The van der Waals surface area contributed by atoms with Crippen LogP contribution in [0.1, 0.15) is 24.1 Å². The summed E-state index contributed by atoms with van der Waals surface area (Å²) in [5.74, 6) is 1.21. The maximum absolute atomic E-state index is 5.90. The molecule has 1 atom stereocenters. The number of anilines is 2. The van der Waals surface area contributed by atoms with Crippen molar-refractivity contribution in [2.24, 2.45) is 0 Å². The first-order valence-electron chi connectivity index (χ1n) is 6.91. The van der Waals surface area contributed by atoms with Gasteiger partial charge in [0.2, 0.25) is 5.95 Å². The lowest BCUT2D eigenvalue weighted by Crippen LogP contribution is -2.10. The number of methoxy groups -OCH3 is 1. The number of nitrogens with zero attached hydrogens (tertiary/aromatic N) is 3. The number of fused-ring (bicyclic) bond motifs is 1. The first-order valence-corrected chi connectivity index (χ1v) is 6.91. The van der Waals surface area contributed by atoms with Crippen LogP contribution in [0.3, 0.4) is 0 Å². The van der Waals surface area contributed by atoms with Gasteiger partial charge in [0.25, 0.3) is 0 Å². The van der Waals surface area contributed by atoms with Crippen LogP contribution in [0.15, 0.2) is 36.4 Å². The van der Waals surface area contributed by atoms with Gasteiger partial charge in [-0.2, -0.15) is 4.98 Å². The molecule has 22 heavy (non-hydrogen) atoms. The van der Waals surface area contributed by atoms with Crippen LogP contribution in [0.25, 0.3) is 10.8 Å². The van der Waals surface area contributed by atoms with Gasteiger partial charge in [0.05, 0.1) is 7.11 Å². The molecular weight excluding hydrogens is 278 g/mol. The van der Waals surface area contributed by atoms with Gasteiger partial charge < -0.3 is 16.2 Å². The molecule has 1 unspecified atom stereocenters. The molecule has 2 aromatic carbocycles. The van der Waals surface area contributed by atoms with E-state index in [0.29, 0.717) is 11.5 Å². The van der Waals surface area contributed by atoms with Crippen LogP contribution in [0, 0.1) is 0 Å². The third kappa shape index (κ3) is 2.50. The van der Waals surface area contributed by atoms with E-state index < -0.39 is 0 Å². The molecule has 0 aliphatic heterocycles. The average Bonchev–Trinajstić information content (AvgIpc) is 2.53. The molecular formula is C16H17N5O. The van der Waals surface area contributed by atoms with Gasteiger partial charge in [-0.05, 0) is 28.5 Å². The van der Waals surface area contributed by atoms with Crippen LogP contribution >= 0.6 is 0 Å². The Bertz CT molecular complexity index is 834. The zero-order chi connectivity index (χ0) is 15.7. The van der Waals surface area contributed by atoms with E-state index in [0.717, 1.165) is 22.1 Å². The van der Waals surface area contributed by atoms with Gasteiger partial charge in [0.1, 0.15) is 11.4 Å². The summed E-state index contributed by atoms with van der Waals surface area (Å²) in [5, 5.41) is 10.1. The molecule has 1 aromatic heterocycles. The molecule has 112 valence electrons. The van der Waals surface area contributed by atoms with Gasteiger partial charge in [-0.15, -0.1) is 10.2 Å². The largest absolute Gasteiger partial charge is 0.497 e. The molecule has 0 spiro atoms. The fourth-order valence-corrected chi connectivity index (χ4v) is 2.46. The number of hydrogen-bond acceptors (Lipinski definition) is 6. The number of aromatic nitrogens is 3. The summed E-state index contributed by atoms with van der Waals surface area (Å²) in [7, 11) is 1.66. The Kier molecular flexibility index (Phi) is 3.50. The molecule has 0 saturated carbocycles. The Hall–Kier alpha value is -2.89. The van der Waals surface area contributed by atoms with Crippen LogP contribution in [0.2, 0.25) is 0 Å². The van der Waals surface area contributed by atoms with Crippen LogP contribution in [-0.4, -0.2) is 22.3 Å². The molecule has 0 saturated heterocycles. The highest BCUT2D eigenvalue weighted by Gasteiger charge is 2.16. The Morgan fingerprint density at radius 2 is 1.73 bits per heavy atom. The highest BCUT2D eigenvalue weighted by atomic mass is 16.5. The van der Waals surface area contributed by atoms with Crippen LogP contribution in [0.5, 0.6) is 5.75 Å². The predicted molar refractivity (Wildman–Crippen MR) is 86.7 cm³/mol. The van der Waals surface area contributed by atoms with Crippen molar-refractivity contribution < 1.29 is 4.74 Å². The van der Waals surface area contributed by atoms with E-state index >= 15 is 0 Å². The maximum atomic E-state index is 5.90. The molecule has 0 radical (unpaired) electrons. The molecule has 0 amide bonds. The highest BCUT2D eigenvalue weighted by molar-refractivity contribution is 5.84. The van der Waals surface area contributed by atoms with E-state index in [1.807, 2.05) is 31.2 Å². The summed E-state index contributed by atoms with van der Waals surface area (Å²) >= 11 is 0. The third-order valence-electron chi connectivity index (χ3n) is 3.74. The molecule has 3 rings (SSSR count). The normalized spacial score (nSPS) is 12.3. The third-order valence-corrected chi connectivity index (χ3v) is 3.74. The zero-order valence-electron chi connectivity index (χ0n) is 12.4. The van der Waals surface area contributed by atoms with E-state index in [1.165, 1.54) is 0 Å². The fourth-order valence-electron chi connectivity index (χ4n) is 2.46. The van der Waals surface area contributed by atoms with Crippen molar-refractivity contribution in [1.82, 2.24) is 15.2 Å². The number of benzene rings is 2. The number of nitrogen functional groups attached to an aromatic ring is 2. The van der Waals surface area contributed by atoms with E-state index in [-0.39, 0.29) is 11.9 Å². The SMILES string of the molecule is COc1ccc2cc(C(C)c3nnc(N)nc3N)ccc2c1. The Balaban J connectivity index is 2.02. The average molecular weight is 295 g/mol. The number of rotatable bonds is 3. The van der Waals surface area contributed by atoms with Crippen molar-refractivity contribution in [3.8, 4) is 5.75 Å². The van der Waals surface area contributed by atoms with E-state index in [4.69, 9.17) is 16.2 Å². The van der Waals surface area contributed by atoms with E-state index in [2.05, 4.69) is 27.3 Å². The van der Waals surface area contributed by atoms with Crippen molar-refractivity contribution in [3.63, 3.8) is 0 Å². The number of hydrogen-bond donors (Lipinski definition) is 2. The quantitative estimate of drug-likeness (QED) is 0.769. The standard InChI is InChI=1S/C16H17N5O/c1-9(14-15(17)19-16(18)21-20-14)10-3-4-12-8-13(22-2)6-5-11(12)7-10/h3-9H,1-2H3,(H4,17,18,19,21).